The number of hydrogen-bond acceptors (Lipinski definition) is 5. The van der Waals surface area contributed by atoms with Crippen LogP contribution in [0, 0.1) is 0 Å². The van der Waals surface area contributed by atoms with Crippen LogP contribution in [0.1, 0.15) is 41.5 Å². The third-order valence-corrected chi connectivity index (χ3v) is 1.77. The molecule has 0 saturated carbocycles. The second-order valence-electron chi connectivity index (χ2n) is 6.04. The predicted octanol–water partition coefficient (Wildman–Crippen LogP) is 1.44. The number of carbonyl (C=O) groups excluding carboxylic acids is 2. The molecule has 0 aliphatic carbocycles. The van der Waals surface area contributed by atoms with Gasteiger partial charge in [0.05, 0.1) is 0 Å². The molecule has 1 fully saturated rings. The van der Waals surface area contributed by atoms with Gasteiger partial charge in [-0.25, -0.2) is 9.59 Å². The molecule has 1 aliphatic rings. The maximum atomic E-state index is 11.5. The fourth-order valence-electron chi connectivity index (χ4n) is 1.19. The average molecular weight is 244 g/mol. The summed E-state index contributed by atoms with van der Waals surface area (Å²) in [5.74, 6) is -1.04. The first kappa shape index (κ1) is 14.0. The van der Waals surface area contributed by atoms with Crippen LogP contribution in [0.25, 0.3) is 0 Å². The summed E-state index contributed by atoms with van der Waals surface area (Å²) < 4.78 is 15.2. The minimum absolute atomic E-state index is 0.520. The summed E-state index contributed by atoms with van der Waals surface area (Å²) in [4.78, 5) is 23.1. The summed E-state index contributed by atoms with van der Waals surface area (Å²) in [5.41, 5.74) is -1.16. The standard InChI is InChI=1S/C12H20O5/c1-11(2,3)16-9(13)7-8(15-7)10(14)17-12(4,5)6/h7-8H,1-6H3/t7-,8?/m0/s1. The zero-order valence-electron chi connectivity index (χ0n) is 11.2. The van der Waals surface area contributed by atoms with Crippen molar-refractivity contribution in [3.05, 3.63) is 0 Å². The molecule has 0 radical (unpaired) electrons. The first-order valence-corrected chi connectivity index (χ1v) is 5.61. The van der Waals surface area contributed by atoms with Gasteiger partial charge in [0.25, 0.3) is 0 Å². The summed E-state index contributed by atoms with van der Waals surface area (Å²) in [6, 6.07) is 0. The molecular formula is C12H20O5. The molecule has 1 aliphatic heterocycles. The van der Waals surface area contributed by atoms with E-state index in [1.54, 1.807) is 41.5 Å². The van der Waals surface area contributed by atoms with Gasteiger partial charge in [-0.1, -0.05) is 0 Å². The van der Waals surface area contributed by atoms with Crippen LogP contribution in [-0.4, -0.2) is 35.3 Å². The summed E-state index contributed by atoms with van der Waals surface area (Å²) in [5, 5.41) is 0. The fraction of sp³-hybridized carbons (Fsp3) is 0.833. The monoisotopic (exact) mass is 244 g/mol. The van der Waals surface area contributed by atoms with E-state index in [2.05, 4.69) is 0 Å². The van der Waals surface area contributed by atoms with Gasteiger partial charge in [0.1, 0.15) is 11.2 Å². The Hall–Kier alpha value is -1.10. The van der Waals surface area contributed by atoms with Crippen LogP contribution >= 0.6 is 0 Å². The second-order valence-corrected chi connectivity index (χ2v) is 6.04. The van der Waals surface area contributed by atoms with Crippen LogP contribution in [-0.2, 0) is 23.8 Å². The normalized spacial score (nSPS) is 24.1. The zero-order chi connectivity index (χ0) is 13.4. The summed E-state index contributed by atoms with van der Waals surface area (Å²) in [7, 11) is 0. The number of rotatable bonds is 2. The van der Waals surface area contributed by atoms with Gasteiger partial charge >= 0.3 is 11.9 Å². The van der Waals surface area contributed by atoms with Crippen molar-refractivity contribution in [1.29, 1.82) is 0 Å². The van der Waals surface area contributed by atoms with Gasteiger partial charge < -0.3 is 14.2 Å². The first-order chi connectivity index (χ1) is 7.49. The molecule has 98 valence electrons. The van der Waals surface area contributed by atoms with Gasteiger partial charge in [-0.2, -0.15) is 0 Å². The molecule has 0 aromatic carbocycles. The third kappa shape index (κ3) is 4.73. The van der Waals surface area contributed by atoms with Crippen LogP contribution in [0.5, 0.6) is 0 Å². The quantitative estimate of drug-likeness (QED) is 0.543. The molecular weight excluding hydrogens is 224 g/mol. The third-order valence-electron chi connectivity index (χ3n) is 1.77. The smallest absolute Gasteiger partial charge is 0.339 e. The average Bonchev–Trinajstić information content (AvgIpc) is 2.74. The van der Waals surface area contributed by atoms with Crippen LogP contribution in [0.4, 0.5) is 0 Å². The van der Waals surface area contributed by atoms with Crippen molar-refractivity contribution >= 4 is 11.9 Å². The van der Waals surface area contributed by atoms with Crippen molar-refractivity contribution < 1.29 is 23.8 Å². The molecule has 1 heterocycles. The van der Waals surface area contributed by atoms with Gasteiger partial charge in [0.15, 0.2) is 12.2 Å². The Bertz CT molecular complexity index is 289. The van der Waals surface area contributed by atoms with E-state index >= 15 is 0 Å². The molecule has 0 N–H and O–H groups in total. The molecule has 1 unspecified atom stereocenters. The highest BCUT2D eigenvalue weighted by atomic mass is 16.7. The highest BCUT2D eigenvalue weighted by molar-refractivity contribution is 5.90. The van der Waals surface area contributed by atoms with E-state index in [1.807, 2.05) is 0 Å². The number of epoxide rings is 1. The maximum Gasteiger partial charge on any atom is 0.339 e. The lowest BCUT2D eigenvalue weighted by atomic mass is 10.2. The molecule has 5 nitrogen and oxygen atoms in total. The highest BCUT2D eigenvalue weighted by Crippen LogP contribution is 2.28. The van der Waals surface area contributed by atoms with Crippen molar-refractivity contribution in [2.45, 2.75) is 65.0 Å². The van der Waals surface area contributed by atoms with Crippen molar-refractivity contribution in [3.8, 4) is 0 Å². The first-order valence-electron chi connectivity index (χ1n) is 5.61. The van der Waals surface area contributed by atoms with E-state index in [1.165, 1.54) is 0 Å². The summed E-state index contributed by atoms with van der Waals surface area (Å²) >= 11 is 0. The molecule has 0 bridgehead atoms. The van der Waals surface area contributed by atoms with Gasteiger partial charge in [-0.05, 0) is 41.5 Å². The molecule has 0 aromatic rings. The Morgan fingerprint density at radius 3 is 1.35 bits per heavy atom. The molecule has 0 amide bonds. The SMILES string of the molecule is CC(C)(C)OC(=O)C1O[C@@H]1C(=O)OC(C)(C)C. The Balaban J connectivity index is 2.44. The zero-order valence-corrected chi connectivity index (χ0v) is 11.2. The highest BCUT2D eigenvalue weighted by Gasteiger charge is 2.54. The Labute approximate surface area is 101 Å². The minimum Gasteiger partial charge on any atom is -0.458 e. The van der Waals surface area contributed by atoms with Crippen molar-refractivity contribution in [2.24, 2.45) is 0 Å². The lowest BCUT2D eigenvalue weighted by Gasteiger charge is -2.19. The summed E-state index contributed by atoms with van der Waals surface area (Å²) in [6.07, 6.45) is -1.63. The van der Waals surface area contributed by atoms with E-state index in [0.717, 1.165) is 0 Å². The van der Waals surface area contributed by atoms with Gasteiger partial charge in [0.2, 0.25) is 0 Å². The second kappa shape index (κ2) is 4.29. The van der Waals surface area contributed by atoms with Crippen molar-refractivity contribution in [2.75, 3.05) is 0 Å². The van der Waals surface area contributed by atoms with E-state index in [0.29, 0.717) is 0 Å². The van der Waals surface area contributed by atoms with E-state index in [-0.39, 0.29) is 0 Å². The summed E-state index contributed by atoms with van der Waals surface area (Å²) in [6.45, 7) is 10.6. The van der Waals surface area contributed by atoms with Crippen LogP contribution in [0.2, 0.25) is 0 Å². The lowest BCUT2D eigenvalue weighted by Crippen LogP contribution is -2.31. The molecule has 2 atom stereocenters. The van der Waals surface area contributed by atoms with Crippen molar-refractivity contribution in [1.82, 2.24) is 0 Å². The van der Waals surface area contributed by atoms with Crippen LogP contribution < -0.4 is 0 Å². The van der Waals surface area contributed by atoms with E-state index in [4.69, 9.17) is 14.2 Å². The molecule has 0 spiro atoms. The van der Waals surface area contributed by atoms with Crippen LogP contribution in [0.3, 0.4) is 0 Å². The van der Waals surface area contributed by atoms with Gasteiger partial charge in [0, 0.05) is 0 Å². The largest absolute Gasteiger partial charge is 0.458 e. The van der Waals surface area contributed by atoms with Gasteiger partial charge in [-0.15, -0.1) is 0 Å². The van der Waals surface area contributed by atoms with Gasteiger partial charge in [-0.3, -0.25) is 0 Å². The lowest BCUT2D eigenvalue weighted by molar-refractivity contribution is -0.159. The number of carbonyl (C=O) groups is 2. The van der Waals surface area contributed by atoms with Crippen molar-refractivity contribution in [3.63, 3.8) is 0 Å². The topological polar surface area (TPSA) is 65.1 Å². The predicted molar refractivity (Wildman–Crippen MR) is 60.4 cm³/mol. The molecule has 17 heavy (non-hydrogen) atoms. The Kier molecular flexibility index (Phi) is 3.52. The molecule has 1 rings (SSSR count). The number of ether oxygens (including phenoxy) is 3. The number of esters is 2. The Morgan fingerprint density at radius 1 is 0.824 bits per heavy atom. The van der Waals surface area contributed by atoms with E-state index < -0.39 is 35.3 Å². The minimum atomic E-state index is -0.816. The number of hydrogen-bond donors (Lipinski definition) is 0. The Morgan fingerprint density at radius 2 is 1.12 bits per heavy atom. The fourth-order valence-corrected chi connectivity index (χ4v) is 1.19. The van der Waals surface area contributed by atoms with Crippen LogP contribution in [0.15, 0.2) is 0 Å². The molecule has 5 heteroatoms. The maximum absolute atomic E-state index is 11.5. The van der Waals surface area contributed by atoms with E-state index in [9.17, 15) is 9.59 Å². The molecule has 0 aromatic heterocycles. The molecule has 1 saturated heterocycles.